The first-order valence-electron chi connectivity index (χ1n) is 5.50. The van der Waals surface area contributed by atoms with E-state index in [1.807, 2.05) is 19.2 Å². The van der Waals surface area contributed by atoms with E-state index in [1.165, 1.54) is 0 Å². The molecule has 0 saturated carbocycles. The molecule has 1 heterocycles. The highest BCUT2D eigenvalue weighted by molar-refractivity contribution is 5.29. The molecule has 15 heavy (non-hydrogen) atoms. The van der Waals surface area contributed by atoms with Gasteiger partial charge in [-0.3, -0.25) is 4.98 Å². The lowest BCUT2D eigenvalue weighted by Crippen LogP contribution is -2.19. The minimum Gasteiger partial charge on any atom is -0.493 e. The number of ether oxygens (including phenoxy) is 1. The minimum atomic E-state index is 0.664. The topological polar surface area (TPSA) is 34.1 Å². The van der Waals surface area contributed by atoms with E-state index in [2.05, 4.69) is 24.1 Å². The summed E-state index contributed by atoms with van der Waals surface area (Å²) in [6.45, 7) is 8.91. The maximum Gasteiger partial charge on any atom is 0.126 e. The average molecular weight is 208 g/mol. The molecule has 0 aliphatic rings. The molecule has 0 spiro atoms. The van der Waals surface area contributed by atoms with Crippen LogP contribution in [0.1, 0.15) is 26.3 Å². The van der Waals surface area contributed by atoms with Crippen LogP contribution in [0.5, 0.6) is 5.75 Å². The molecular formula is C12H20N2O. The molecule has 3 heteroatoms. The summed E-state index contributed by atoms with van der Waals surface area (Å²) in [4.78, 5) is 4.11. The summed E-state index contributed by atoms with van der Waals surface area (Å²) in [5.41, 5.74) is 1.12. The number of hydrogen-bond acceptors (Lipinski definition) is 3. The second kappa shape index (κ2) is 6.40. The van der Waals surface area contributed by atoms with Crippen LogP contribution < -0.4 is 10.1 Å². The van der Waals surface area contributed by atoms with Crippen molar-refractivity contribution in [1.29, 1.82) is 0 Å². The molecule has 0 fully saturated rings. The van der Waals surface area contributed by atoms with Crippen LogP contribution in [0.15, 0.2) is 18.5 Å². The molecule has 0 bridgehead atoms. The molecule has 1 aromatic heterocycles. The van der Waals surface area contributed by atoms with Crippen LogP contribution in [0.3, 0.4) is 0 Å². The van der Waals surface area contributed by atoms with E-state index in [4.69, 9.17) is 4.74 Å². The van der Waals surface area contributed by atoms with Crippen LogP contribution in [-0.4, -0.2) is 18.1 Å². The molecule has 0 aromatic carbocycles. The van der Waals surface area contributed by atoms with Crippen molar-refractivity contribution in [2.75, 3.05) is 13.2 Å². The summed E-state index contributed by atoms with van der Waals surface area (Å²) in [6.07, 6.45) is 3.62. The van der Waals surface area contributed by atoms with Gasteiger partial charge in [0.25, 0.3) is 0 Å². The molecule has 1 N–H and O–H groups in total. The normalized spacial score (nSPS) is 10.7. The molecule has 0 amide bonds. The van der Waals surface area contributed by atoms with Crippen LogP contribution in [0, 0.1) is 5.92 Å². The summed E-state index contributed by atoms with van der Waals surface area (Å²) < 4.78 is 5.51. The summed E-state index contributed by atoms with van der Waals surface area (Å²) in [5.74, 6) is 1.60. The quantitative estimate of drug-likeness (QED) is 0.778. The summed E-state index contributed by atoms with van der Waals surface area (Å²) >= 11 is 0. The van der Waals surface area contributed by atoms with Gasteiger partial charge in [0.05, 0.1) is 6.61 Å². The Balaban J connectivity index is 2.51. The van der Waals surface area contributed by atoms with Crippen molar-refractivity contribution in [3.8, 4) is 5.75 Å². The van der Waals surface area contributed by atoms with Gasteiger partial charge in [0.1, 0.15) is 5.75 Å². The number of aromatic nitrogens is 1. The maximum atomic E-state index is 5.51. The van der Waals surface area contributed by atoms with Gasteiger partial charge in [-0.05, 0) is 25.5 Å². The number of pyridine rings is 1. The first-order chi connectivity index (χ1) is 7.24. The lowest BCUT2D eigenvalue weighted by molar-refractivity contribution is 0.334. The molecular weight excluding hydrogens is 188 g/mol. The fraction of sp³-hybridized carbons (Fsp3) is 0.583. The molecule has 0 aliphatic carbocycles. The zero-order valence-corrected chi connectivity index (χ0v) is 9.79. The Hall–Kier alpha value is -1.09. The zero-order chi connectivity index (χ0) is 11.1. The second-order valence-electron chi connectivity index (χ2n) is 3.94. The van der Waals surface area contributed by atoms with E-state index in [0.717, 1.165) is 24.4 Å². The Labute approximate surface area is 91.9 Å². The minimum absolute atomic E-state index is 0.664. The summed E-state index contributed by atoms with van der Waals surface area (Å²) in [5, 5.41) is 3.38. The van der Waals surface area contributed by atoms with E-state index in [-0.39, 0.29) is 0 Å². The number of rotatable bonds is 6. The second-order valence-corrected chi connectivity index (χ2v) is 3.94. The molecule has 3 nitrogen and oxygen atoms in total. The predicted molar refractivity (Wildman–Crippen MR) is 62.0 cm³/mol. The SMILES string of the molecule is CCOc1ccncc1CNCC(C)C. The Bertz CT molecular complexity index is 287. The van der Waals surface area contributed by atoms with Crippen molar-refractivity contribution < 1.29 is 4.74 Å². The first-order valence-corrected chi connectivity index (χ1v) is 5.50. The van der Waals surface area contributed by atoms with Gasteiger partial charge in [-0.1, -0.05) is 13.8 Å². The molecule has 0 radical (unpaired) electrons. The lowest BCUT2D eigenvalue weighted by Gasteiger charge is -2.11. The van der Waals surface area contributed by atoms with Gasteiger partial charge in [0, 0.05) is 24.5 Å². The van der Waals surface area contributed by atoms with Crippen LogP contribution in [0.25, 0.3) is 0 Å². The molecule has 0 unspecified atom stereocenters. The molecule has 1 rings (SSSR count). The van der Waals surface area contributed by atoms with E-state index in [9.17, 15) is 0 Å². The average Bonchev–Trinajstić information content (AvgIpc) is 2.20. The highest BCUT2D eigenvalue weighted by Crippen LogP contribution is 2.15. The fourth-order valence-corrected chi connectivity index (χ4v) is 1.34. The van der Waals surface area contributed by atoms with Gasteiger partial charge in [-0.15, -0.1) is 0 Å². The van der Waals surface area contributed by atoms with Crippen LogP contribution in [0.2, 0.25) is 0 Å². The van der Waals surface area contributed by atoms with Gasteiger partial charge in [0.15, 0.2) is 0 Å². The molecule has 0 atom stereocenters. The van der Waals surface area contributed by atoms with Crippen molar-refractivity contribution in [3.05, 3.63) is 24.0 Å². The Morgan fingerprint density at radius 1 is 1.47 bits per heavy atom. The number of nitrogens with one attached hydrogen (secondary N) is 1. The highest BCUT2D eigenvalue weighted by Gasteiger charge is 2.02. The largest absolute Gasteiger partial charge is 0.493 e. The third kappa shape index (κ3) is 4.30. The van der Waals surface area contributed by atoms with Crippen LogP contribution in [-0.2, 0) is 6.54 Å². The van der Waals surface area contributed by atoms with Crippen LogP contribution >= 0.6 is 0 Å². The van der Waals surface area contributed by atoms with Crippen molar-refractivity contribution in [2.45, 2.75) is 27.3 Å². The molecule has 0 aliphatic heterocycles. The Morgan fingerprint density at radius 3 is 2.93 bits per heavy atom. The summed E-state index contributed by atoms with van der Waals surface area (Å²) in [6, 6.07) is 1.91. The molecule has 1 aromatic rings. The fourth-order valence-electron chi connectivity index (χ4n) is 1.34. The maximum absolute atomic E-state index is 5.51. The van der Waals surface area contributed by atoms with E-state index in [1.54, 1.807) is 6.20 Å². The van der Waals surface area contributed by atoms with Gasteiger partial charge in [-0.25, -0.2) is 0 Å². The van der Waals surface area contributed by atoms with Gasteiger partial charge >= 0.3 is 0 Å². The zero-order valence-electron chi connectivity index (χ0n) is 9.79. The number of hydrogen-bond donors (Lipinski definition) is 1. The Morgan fingerprint density at radius 2 is 2.27 bits per heavy atom. The van der Waals surface area contributed by atoms with E-state index < -0.39 is 0 Å². The van der Waals surface area contributed by atoms with E-state index in [0.29, 0.717) is 12.5 Å². The van der Waals surface area contributed by atoms with Crippen molar-refractivity contribution in [3.63, 3.8) is 0 Å². The molecule has 0 saturated heterocycles. The Kier molecular flexibility index (Phi) is 5.12. The monoisotopic (exact) mass is 208 g/mol. The first kappa shape index (κ1) is 12.0. The van der Waals surface area contributed by atoms with Gasteiger partial charge < -0.3 is 10.1 Å². The molecule has 84 valence electrons. The number of nitrogens with zero attached hydrogens (tertiary/aromatic N) is 1. The van der Waals surface area contributed by atoms with Gasteiger partial charge in [0.2, 0.25) is 0 Å². The smallest absolute Gasteiger partial charge is 0.126 e. The van der Waals surface area contributed by atoms with Crippen molar-refractivity contribution in [2.24, 2.45) is 5.92 Å². The highest BCUT2D eigenvalue weighted by atomic mass is 16.5. The third-order valence-electron chi connectivity index (χ3n) is 2.03. The standard InChI is InChI=1S/C12H20N2O/c1-4-15-12-5-6-13-8-11(12)9-14-7-10(2)3/h5-6,8,10,14H,4,7,9H2,1-3H3. The van der Waals surface area contributed by atoms with E-state index >= 15 is 0 Å². The summed E-state index contributed by atoms with van der Waals surface area (Å²) in [7, 11) is 0. The van der Waals surface area contributed by atoms with Crippen molar-refractivity contribution in [1.82, 2.24) is 10.3 Å². The van der Waals surface area contributed by atoms with Crippen molar-refractivity contribution >= 4 is 0 Å². The van der Waals surface area contributed by atoms with Gasteiger partial charge in [-0.2, -0.15) is 0 Å². The third-order valence-corrected chi connectivity index (χ3v) is 2.03. The van der Waals surface area contributed by atoms with Crippen LogP contribution in [0.4, 0.5) is 0 Å². The lowest BCUT2D eigenvalue weighted by atomic mass is 10.2. The predicted octanol–water partition coefficient (Wildman–Crippen LogP) is 2.23.